The number of aryl methyl sites for hydroxylation is 2. The summed E-state index contributed by atoms with van der Waals surface area (Å²) in [4.78, 5) is 28.5. The molecule has 0 saturated carbocycles. The quantitative estimate of drug-likeness (QED) is 0.848. The average Bonchev–Trinajstić information content (AvgIpc) is 2.79. The third kappa shape index (κ3) is 4.36. The molecule has 2 aromatic rings. The number of thiazole rings is 1. The molecule has 2 amide bonds. The van der Waals surface area contributed by atoms with Crippen LogP contribution in [-0.2, 0) is 16.0 Å². The van der Waals surface area contributed by atoms with Gasteiger partial charge in [0.25, 0.3) is 0 Å². The zero-order chi connectivity index (χ0) is 16.1. The van der Waals surface area contributed by atoms with Crippen LogP contribution in [0.15, 0.2) is 24.3 Å². The second kappa shape index (κ2) is 7.13. The van der Waals surface area contributed by atoms with Crippen molar-refractivity contribution in [2.45, 2.75) is 20.3 Å². The second-order valence-corrected chi connectivity index (χ2v) is 5.95. The molecule has 1 aromatic carbocycles. The standard InChI is InChI=1S/C15H16FN3O2S/c1-9-10(2)22-15(18-9)19-14(21)13(20)17-8-7-11-3-5-12(16)6-4-11/h3-6H,7-8H2,1-2H3,(H,17,20)(H,18,19,21). The summed E-state index contributed by atoms with van der Waals surface area (Å²) in [6, 6.07) is 6.00. The maximum atomic E-state index is 12.8. The molecule has 2 N–H and O–H groups in total. The van der Waals surface area contributed by atoms with E-state index in [1.54, 1.807) is 12.1 Å². The molecular formula is C15H16FN3O2S. The van der Waals surface area contributed by atoms with Crippen molar-refractivity contribution in [3.05, 3.63) is 46.2 Å². The smallest absolute Gasteiger partial charge is 0.315 e. The lowest BCUT2D eigenvalue weighted by molar-refractivity contribution is -0.136. The minimum absolute atomic E-state index is 0.299. The minimum atomic E-state index is -0.743. The number of carbonyl (C=O) groups is 2. The monoisotopic (exact) mass is 321 g/mol. The predicted molar refractivity (Wildman–Crippen MR) is 83.3 cm³/mol. The Hall–Kier alpha value is -2.28. The van der Waals surface area contributed by atoms with Crippen LogP contribution in [0.4, 0.5) is 9.52 Å². The van der Waals surface area contributed by atoms with E-state index in [0.29, 0.717) is 18.1 Å². The fraction of sp³-hybridized carbons (Fsp3) is 0.267. The number of aromatic nitrogens is 1. The van der Waals surface area contributed by atoms with Gasteiger partial charge in [-0.3, -0.25) is 14.9 Å². The SMILES string of the molecule is Cc1nc(NC(=O)C(=O)NCCc2ccc(F)cc2)sc1C. The average molecular weight is 321 g/mol. The van der Waals surface area contributed by atoms with Crippen LogP contribution in [-0.4, -0.2) is 23.3 Å². The van der Waals surface area contributed by atoms with Crippen molar-refractivity contribution in [1.29, 1.82) is 0 Å². The van der Waals surface area contributed by atoms with Crippen molar-refractivity contribution in [2.75, 3.05) is 11.9 Å². The molecule has 116 valence electrons. The maximum absolute atomic E-state index is 12.8. The fourth-order valence-electron chi connectivity index (χ4n) is 1.73. The molecule has 0 unspecified atom stereocenters. The molecule has 0 bridgehead atoms. The highest BCUT2D eigenvalue weighted by Crippen LogP contribution is 2.20. The lowest BCUT2D eigenvalue weighted by Crippen LogP contribution is -2.36. The molecule has 1 aromatic heterocycles. The Morgan fingerprint density at radius 3 is 2.45 bits per heavy atom. The number of carbonyl (C=O) groups excluding carboxylic acids is 2. The number of nitrogens with one attached hydrogen (secondary N) is 2. The van der Waals surface area contributed by atoms with E-state index in [1.807, 2.05) is 13.8 Å². The first-order valence-corrected chi connectivity index (χ1v) is 7.55. The molecule has 0 saturated heterocycles. The zero-order valence-electron chi connectivity index (χ0n) is 12.3. The molecule has 0 spiro atoms. The van der Waals surface area contributed by atoms with Crippen molar-refractivity contribution in [1.82, 2.24) is 10.3 Å². The van der Waals surface area contributed by atoms with Crippen LogP contribution < -0.4 is 10.6 Å². The van der Waals surface area contributed by atoms with E-state index in [1.165, 1.54) is 23.5 Å². The molecule has 1 heterocycles. The first-order chi connectivity index (χ1) is 10.5. The topological polar surface area (TPSA) is 71.1 Å². The highest BCUT2D eigenvalue weighted by Gasteiger charge is 2.15. The Kier molecular flexibility index (Phi) is 5.21. The maximum Gasteiger partial charge on any atom is 0.315 e. The highest BCUT2D eigenvalue weighted by atomic mass is 32.1. The van der Waals surface area contributed by atoms with Crippen molar-refractivity contribution in [2.24, 2.45) is 0 Å². The van der Waals surface area contributed by atoms with Crippen LogP contribution in [0.25, 0.3) is 0 Å². The van der Waals surface area contributed by atoms with Gasteiger partial charge in [0.15, 0.2) is 5.13 Å². The van der Waals surface area contributed by atoms with Gasteiger partial charge in [-0.25, -0.2) is 9.37 Å². The summed E-state index contributed by atoms with van der Waals surface area (Å²) in [5, 5.41) is 5.40. The molecule has 0 radical (unpaired) electrons. The minimum Gasteiger partial charge on any atom is -0.347 e. The van der Waals surface area contributed by atoms with E-state index in [9.17, 15) is 14.0 Å². The number of anilines is 1. The van der Waals surface area contributed by atoms with Gasteiger partial charge in [-0.1, -0.05) is 12.1 Å². The van der Waals surface area contributed by atoms with Gasteiger partial charge in [0, 0.05) is 11.4 Å². The van der Waals surface area contributed by atoms with E-state index in [0.717, 1.165) is 16.1 Å². The van der Waals surface area contributed by atoms with Gasteiger partial charge in [0.2, 0.25) is 0 Å². The molecule has 22 heavy (non-hydrogen) atoms. The zero-order valence-corrected chi connectivity index (χ0v) is 13.1. The Bertz CT molecular complexity index is 663. The summed E-state index contributed by atoms with van der Waals surface area (Å²) >= 11 is 1.32. The lowest BCUT2D eigenvalue weighted by Gasteiger charge is -2.05. The van der Waals surface area contributed by atoms with Crippen LogP contribution in [0.3, 0.4) is 0 Å². The van der Waals surface area contributed by atoms with Gasteiger partial charge >= 0.3 is 11.8 Å². The first kappa shape index (κ1) is 16.1. The van der Waals surface area contributed by atoms with Gasteiger partial charge < -0.3 is 5.32 Å². The first-order valence-electron chi connectivity index (χ1n) is 6.73. The summed E-state index contributed by atoms with van der Waals surface area (Å²) in [5.41, 5.74) is 1.71. The molecule has 0 aliphatic heterocycles. The molecular weight excluding hydrogens is 305 g/mol. The number of hydrogen-bond acceptors (Lipinski definition) is 4. The lowest BCUT2D eigenvalue weighted by atomic mass is 10.1. The Morgan fingerprint density at radius 2 is 1.86 bits per heavy atom. The van der Waals surface area contributed by atoms with Crippen LogP contribution >= 0.6 is 11.3 Å². The molecule has 0 aliphatic rings. The van der Waals surface area contributed by atoms with E-state index >= 15 is 0 Å². The molecule has 2 rings (SSSR count). The number of nitrogens with zero attached hydrogens (tertiary/aromatic N) is 1. The molecule has 5 nitrogen and oxygen atoms in total. The van der Waals surface area contributed by atoms with Gasteiger partial charge in [0.05, 0.1) is 5.69 Å². The highest BCUT2D eigenvalue weighted by molar-refractivity contribution is 7.15. The molecule has 0 aliphatic carbocycles. The van der Waals surface area contributed by atoms with E-state index < -0.39 is 11.8 Å². The van der Waals surface area contributed by atoms with E-state index in [2.05, 4.69) is 15.6 Å². The molecule has 0 atom stereocenters. The number of benzene rings is 1. The summed E-state index contributed by atoms with van der Waals surface area (Å²) < 4.78 is 12.8. The second-order valence-electron chi connectivity index (χ2n) is 4.75. The summed E-state index contributed by atoms with van der Waals surface area (Å²) in [6.45, 7) is 4.03. The Morgan fingerprint density at radius 1 is 1.18 bits per heavy atom. The summed E-state index contributed by atoms with van der Waals surface area (Å²) in [5.74, 6) is -1.76. The number of rotatable bonds is 4. The third-order valence-corrected chi connectivity index (χ3v) is 4.06. The number of hydrogen-bond donors (Lipinski definition) is 2. The van der Waals surface area contributed by atoms with Crippen molar-refractivity contribution in [3.63, 3.8) is 0 Å². The van der Waals surface area contributed by atoms with Crippen molar-refractivity contribution < 1.29 is 14.0 Å². The number of halogens is 1. The Balaban J connectivity index is 1.79. The fourth-order valence-corrected chi connectivity index (χ4v) is 2.54. The van der Waals surface area contributed by atoms with Gasteiger partial charge in [-0.05, 0) is 38.0 Å². The van der Waals surface area contributed by atoms with Crippen LogP contribution in [0, 0.1) is 19.7 Å². The summed E-state index contributed by atoms with van der Waals surface area (Å²) in [6.07, 6.45) is 0.523. The van der Waals surface area contributed by atoms with Crippen molar-refractivity contribution in [3.8, 4) is 0 Å². The third-order valence-electron chi connectivity index (χ3n) is 3.07. The van der Waals surface area contributed by atoms with Gasteiger partial charge in [0.1, 0.15) is 5.82 Å². The molecule has 7 heteroatoms. The van der Waals surface area contributed by atoms with Crippen molar-refractivity contribution >= 4 is 28.3 Å². The Labute approximate surface area is 131 Å². The normalized spacial score (nSPS) is 10.3. The largest absolute Gasteiger partial charge is 0.347 e. The molecule has 0 fully saturated rings. The number of amides is 2. The van der Waals surface area contributed by atoms with Gasteiger partial charge in [-0.2, -0.15) is 0 Å². The predicted octanol–water partition coefficient (Wildman–Crippen LogP) is 2.20. The summed E-state index contributed by atoms with van der Waals surface area (Å²) in [7, 11) is 0. The van der Waals surface area contributed by atoms with Crippen LogP contribution in [0.2, 0.25) is 0 Å². The van der Waals surface area contributed by atoms with Gasteiger partial charge in [-0.15, -0.1) is 11.3 Å². The van der Waals surface area contributed by atoms with Crippen LogP contribution in [0.5, 0.6) is 0 Å². The van der Waals surface area contributed by atoms with E-state index in [-0.39, 0.29) is 5.82 Å². The van der Waals surface area contributed by atoms with Crippen LogP contribution in [0.1, 0.15) is 16.1 Å². The van der Waals surface area contributed by atoms with E-state index in [4.69, 9.17) is 0 Å².